The van der Waals surface area contributed by atoms with E-state index in [1.165, 1.54) is 0 Å². The Kier molecular flexibility index (Phi) is 7.83. The zero-order valence-corrected chi connectivity index (χ0v) is 22.6. The normalized spacial score (nSPS) is 14.3. The maximum Gasteiger partial charge on any atom is 0.163 e. The molecule has 2 aromatic heterocycles. The van der Waals surface area contributed by atoms with Crippen LogP contribution in [-0.2, 0) is 11.3 Å². The number of nitrogens with zero attached hydrogens (tertiary/aromatic N) is 4. The largest absolute Gasteiger partial charge is 0.490 e. The Hall–Kier alpha value is -3.27. The third kappa shape index (κ3) is 6.18. The number of thiazole rings is 1. The first kappa shape index (κ1) is 25.4. The van der Waals surface area contributed by atoms with Crippen molar-refractivity contribution in [1.29, 1.82) is 0 Å². The molecule has 0 radical (unpaired) electrons. The molecule has 37 heavy (non-hydrogen) atoms. The molecule has 1 fully saturated rings. The Morgan fingerprint density at radius 3 is 2.65 bits per heavy atom. The van der Waals surface area contributed by atoms with E-state index < -0.39 is 0 Å². The predicted octanol–water partition coefficient (Wildman–Crippen LogP) is 5.82. The molecule has 0 spiro atoms. The van der Waals surface area contributed by atoms with E-state index in [1.54, 1.807) is 11.3 Å². The topological polar surface area (TPSA) is 81.6 Å². The first-order chi connectivity index (χ1) is 18.0. The van der Waals surface area contributed by atoms with E-state index in [1.807, 2.05) is 52.0 Å². The van der Waals surface area contributed by atoms with Gasteiger partial charge in [0.25, 0.3) is 0 Å². The molecule has 194 valence electrons. The van der Waals surface area contributed by atoms with Gasteiger partial charge in [-0.3, -0.25) is 4.90 Å². The van der Waals surface area contributed by atoms with E-state index in [9.17, 15) is 0 Å². The number of anilines is 2. The molecule has 0 atom stereocenters. The van der Waals surface area contributed by atoms with Gasteiger partial charge in [-0.25, -0.2) is 15.0 Å². The van der Waals surface area contributed by atoms with Crippen LogP contribution in [0.15, 0.2) is 41.8 Å². The highest BCUT2D eigenvalue weighted by Crippen LogP contribution is 2.36. The van der Waals surface area contributed by atoms with Gasteiger partial charge in [-0.1, -0.05) is 12.1 Å². The molecule has 1 saturated heterocycles. The van der Waals surface area contributed by atoms with Crippen LogP contribution in [0, 0.1) is 6.92 Å². The molecule has 9 heteroatoms. The summed E-state index contributed by atoms with van der Waals surface area (Å²) in [7, 11) is 0. The third-order valence-electron chi connectivity index (χ3n) is 5.98. The van der Waals surface area contributed by atoms with E-state index in [0.29, 0.717) is 24.7 Å². The van der Waals surface area contributed by atoms with Gasteiger partial charge in [0.05, 0.1) is 48.7 Å². The Balaban J connectivity index is 1.56. The lowest BCUT2D eigenvalue weighted by atomic mass is 10.1. The SMILES string of the molecule is CCOc1cc2c(Nc3cccc(-c4csc(C)n4)c3)nc(CN3CCOCC3)nc2cc1OC(C)C. The van der Waals surface area contributed by atoms with Crippen LogP contribution in [0.25, 0.3) is 22.2 Å². The van der Waals surface area contributed by atoms with Crippen molar-refractivity contribution in [2.45, 2.75) is 40.3 Å². The first-order valence-corrected chi connectivity index (χ1v) is 13.6. The number of rotatable bonds is 9. The van der Waals surface area contributed by atoms with Crippen molar-refractivity contribution in [3.8, 4) is 22.8 Å². The molecule has 3 heterocycles. The summed E-state index contributed by atoms with van der Waals surface area (Å²) in [5.41, 5.74) is 3.77. The summed E-state index contributed by atoms with van der Waals surface area (Å²) in [5.74, 6) is 2.86. The van der Waals surface area contributed by atoms with Crippen LogP contribution in [0.5, 0.6) is 11.5 Å². The first-order valence-electron chi connectivity index (χ1n) is 12.7. The van der Waals surface area contributed by atoms with Gasteiger partial charge >= 0.3 is 0 Å². The highest BCUT2D eigenvalue weighted by molar-refractivity contribution is 7.09. The fourth-order valence-electron chi connectivity index (χ4n) is 4.31. The van der Waals surface area contributed by atoms with Crippen LogP contribution in [0.3, 0.4) is 0 Å². The quantitative estimate of drug-likeness (QED) is 0.296. The smallest absolute Gasteiger partial charge is 0.163 e. The molecule has 0 saturated carbocycles. The van der Waals surface area contributed by atoms with Gasteiger partial charge in [0.2, 0.25) is 0 Å². The number of ether oxygens (including phenoxy) is 3. The zero-order chi connectivity index (χ0) is 25.8. The van der Waals surface area contributed by atoms with Crippen molar-refractivity contribution < 1.29 is 14.2 Å². The van der Waals surface area contributed by atoms with Gasteiger partial charge in [-0.15, -0.1) is 11.3 Å². The molecular weight excluding hydrogens is 486 g/mol. The van der Waals surface area contributed by atoms with Crippen molar-refractivity contribution in [2.24, 2.45) is 0 Å². The number of morpholine rings is 1. The van der Waals surface area contributed by atoms with Crippen LogP contribution < -0.4 is 14.8 Å². The van der Waals surface area contributed by atoms with Crippen molar-refractivity contribution in [3.05, 3.63) is 52.6 Å². The molecule has 0 aliphatic carbocycles. The summed E-state index contributed by atoms with van der Waals surface area (Å²) in [6.45, 7) is 12.4. The lowest BCUT2D eigenvalue weighted by Gasteiger charge is -2.26. The van der Waals surface area contributed by atoms with E-state index in [0.717, 1.165) is 70.8 Å². The number of aryl methyl sites for hydroxylation is 1. The number of hydrogen-bond acceptors (Lipinski definition) is 9. The zero-order valence-electron chi connectivity index (χ0n) is 21.8. The minimum absolute atomic E-state index is 0.0148. The maximum absolute atomic E-state index is 6.08. The molecular formula is C28H33N5O3S. The Labute approximate surface area is 221 Å². The Bertz CT molecular complexity index is 1370. The Morgan fingerprint density at radius 1 is 1.08 bits per heavy atom. The second kappa shape index (κ2) is 11.4. The minimum atomic E-state index is 0.0148. The van der Waals surface area contributed by atoms with Crippen molar-refractivity contribution in [2.75, 3.05) is 38.2 Å². The summed E-state index contributed by atoms with van der Waals surface area (Å²) in [4.78, 5) is 16.9. The molecule has 0 amide bonds. The highest BCUT2D eigenvalue weighted by Gasteiger charge is 2.18. The second-order valence-corrected chi connectivity index (χ2v) is 10.3. The number of nitrogens with one attached hydrogen (secondary N) is 1. The maximum atomic E-state index is 6.08. The average molecular weight is 520 g/mol. The standard InChI is InChI=1S/C28H33N5O3S/c1-5-35-25-14-22-23(15-26(25)36-18(2)3)31-27(16-33-9-11-34-12-10-33)32-28(22)30-21-8-6-7-20(13-21)24-17-37-19(4)29-24/h6-8,13-15,17-18H,5,9-12,16H2,1-4H3,(H,30,31,32). The minimum Gasteiger partial charge on any atom is -0.490 e. The lowest BCUT2D eigenvalue weighted by molar-refractivity contribution is 0.0331. The summed E-state index contributed by atoms with van der Waals surface area (Å²) >= 11 is 1.65. The molecule has 8 nitrogen and oxygen atoms in total. The number of aromatic nitrogens is 3. The van der Waals surface area contributed by atoms with Gasteiger partial charge in [-0.2, -0.15) is 0 Å². The predicted molar refractivity (Wildman–Crippen MR) is 148 cm³/mol. The van der Waals surface area contributed by atoms with E-state index >= 15 is 0 Å². The van der Waals surface area contributed by atoms with E-state index in [4.69, 9.17) is 24.2 Å². The fourth-order valence-corrected chi connectivity index (χ4v) is 4.94. The lowest BCUT2D eigenvalue weighted by Crippen LogP contribution is -2.36. The van der Waals surface area contributed by atoms with Crippen molar-refractivity contribution in [3.63, 3.8) is 0 Å². The van der Waals surface area contributed by atoms with Gasteiger partial charge in [0, 0.05) is 41.2 Å². The summed E-state index contributed by atoms with van der Waals surface area (Å²) in [6.07, 6.45) is 0.0148. The number of benzene rings is 2. The molecule has 2 aromatic carbocycles. The van der Waals surface area contributed by atoms with Crippen LogP contribution in [0.1, 0.15) is 31.6 Å². The van der Waals surface area contributed by atoms with Crippen LogP contribution >= 0.6 is 11.3 Å². The van der Waals surface area contributed by atoms with Crippen molar-refractivity contribution in [1.82, 2.24) is 19.9 Å². The monoisotopic (exact) mass is 519 g/mol. The summed E-state index contributed by atoms with van der Waals surface area (Å²) < 4.78 is 17.5. The van der Waals surface area contributed by atoms with E-state index in [2.05, 4.69) is 32.7 Å². The number of hydrogen-bond donors (Lipinski definition) is 1. The van der Waals surface area contributed by atoms with Gasteiger partial charge in [-0.05, 0) is 45.9 Å². The Morgan fingerprint density at radius 2 is 1.92 bits per heavy atom. The van der Waals surface area contributed by atoms with E-state index in [-0.39, 0.29) is 6.10 Å². The van der Waals surface area contributed by atoms with Crippen LogP contribution in [0.4, 0.5) is 11.5 Å². The fraction of sp³-hybridized carbons (Fsp3) is 0.393. The molecule has 1 aliphatic heterocycles. The van der Waals surface area contributed by atoms with Gasteiger partial charge in [0.1, 0.15) is 11.6 Å². The average Bonchev–Trinajstić information content (AvgIpc) is 3.32. The molecule has 1 aliphatic rings. The molecule has 4 aromatic rings. The molecule has 0 unspecified atom stereocenters. The number of fused-ring (bicyclic) bond motifs is 1. The summed E-state index contributed by atoms with van der Waals surface area (Å²) in [6, 6.07) is 12.2. The summed E-state index contributed by atoms with van der Waals surface area (Å²) in [5, 5.41) is 7.56. The third-order valence-corrected chi connectivity index (χ3v) is 6.75. The van der Waals surface area contributed by atoms with Crippen LogP contribution in [-0.4, -0.2) is 58.9 Å². The molecule has 0 bridgehead atoms. The molecule has 1 N–H and O–H groups in total. The van der Waals surface area contributed by atoms with Crippen molar-refractivity contribution >= 4 is 33.7 Å². The highest BCUT2D eigenvalue weighted by atomic mass is 32.1. The second-order valence-electron chi connectivity index (χ2n) is 9.25. The van der Waals surface area contributed by atoms with Gasteiger partial charge in [0.15, 0.2) is 11.5 Å². The van der Waals surface area contributed by atoms with Gasteiger partial charge < -0.3 is 19.5 Å². The van der Waals surface area contributed by atoms with Crippen LogP contribution in [0.2, 0.25) is 0 Å². The molecule has 5 rings (SSSR count).